The van der Waals surface area contributed by atoms with Gasteiger partial charge in [0.1, 0.15) is 5.54 Å². The first-order valence-corrected chi connectivity index (χ1v) is 9.92. The number of nitrogens with one attached hydrogen (secondary N) is 3. The summed E-state index contributed by atoms with van der Waals surface area (Å²) in [6.07, 6.45) is 4.72. The summed E-state index contributed by atoms with van der Waals surface area (Å²) in [6.45, 7) is 2.15. The number of ether oxygens (including phenoxy) is 1. The van der Waals surface area contributed by atoms with E-state index >= 15 is 0 Å². The van der Waals surface area contributed by atoms with Gasteiger partial charge in [0, 0.05) is 5.69 Å². The fraction of sp³-hybridized carbons (Fsp3) is 0.500. The van der Waals surface area contributed by atoms with Crippen LogP contribution in [-0.4, -0.2) is 47.5 Å². The number of hydrazine groups is 1. The van der Waals surface area contributed by atoms with Crippen molar-refractivity contribution in [2.75, 3.05) is 18.5 Å². The maximum Gasteiger partial charge on any atom is 0.344 e. The molecule has 1 aliphatic carbocycles. The number of esters is 1. The van der Waals surface area contributed by atoms with E-state index in [1.807, 2.05) is 6.92 Å². The molecule has 2 aliphatic rings. The van der Waals surface area contributed by atoms with E-state index in [0.717, 1.165) is 30.7 Å². The Morgan fingerprint density at radius 2 is 1.83 bits per heavy atom. The first kappa shape index (κ1) is 20.6. The fourth-order valence-corrected chi connectivity index (χ4v) is 3.56. The van der Waals surface area contributed by atoms with Crippen molar-refractivity contribution < 1.29 is 23.9 Å². The van der Waals surface area contributed by atoms with Gasteiger partial charge in [0.2, 0.25) is 0 Å². The minimum Gasteiger partial charge on any atom is -0.462 e. The zero-order valence-corrected chi connectivity index (χ0v) is 16.5. The van der Waals surface area contributed by atoms with Crippen LogP contribution < -0.4 is 16.1 Å². The second-order valence-corrected chi connectivity index (χ2v) is 7.32. The van der Waals surface area contributed by atoms with Gasteiger partial charge in [-0.15, -0.1) is 0 Å². The number of benzene rings is 1. The van der Waals surface area contributed by atoms with Crippen molar-refractivity contribution in [3.05, 3.63) is 29.8 Å². The molecule has 1 saturated heterocycles. The van der Waals surface area contributed by atoms with Crippen LogP contribution in [0.3, 0.4) is 0 Å². The molecule has 3 N–H and O–H groups in total. The SMILES string of the molecule is CCCOC(=O)c1ccc(NCC(=O)NN2C(=O)NC3(CCCCC3)C2=O)cc1. The van der Waals surface area contributed by atoms with Crippen LogP contribution >= 0.6 is 0 Å². The van der Waals surface area contributed by atoms with E-state index in [-0.39, 0.29) is 6.54 Å². The highest BCUT2D eigenvalue weighted by atomic mass is 16.5. The number of carbonyl (C=O) groups is 4. The fourth-order valence-electron chi connectivity index (χ4n) is 3.56. The van der Waals surface area contributed by atoms with Crippen LogP contribution in [0.1, 0.15) is 55.8 Å². The summed E-state index contributed by atoms with van der Waals surface area (Å²) < 4.78 is 5.06. The van der Waals surface area contributed by atoms with Crippen molar-refractivity contribution >= 4 is 29.5 Å². The van der Waals surface area contributed by atoms with Gasteiger partial charge >= 0.3 is 12.0 Å². The molecule has 1 spiro atoms. The molecule has 1 aliphatic heterocycles. The average molecular weight is 402 g/mol. The number of rotatable bonds is 7. The molecule has 0 unspecified atom stereocenters. The summed E-state index contributed by atoms with van der Waals surface area (Å²) in [5, 5.41) is 6.41. The molecule has 9 nitrogen and oxygen atoms in total. The van der Waals surface area contributed by atoms with Gasteiger partial charge in [0.25, 0.3) is 11.8 Å². The maximum atomic E-state index is 12.6. The number of urea groups is 1. The Hall–Kier alpha value is -3.10. The van der Waals surface area contributed by atoms with E-state index in [1.165, 1.54) is 0 Å². The Morgan fingerprint density at radius 3 is 2.48 bits per heavy atom. The van der Waals surface area contributed by atoms with Gasteiger partial charge in [-0.05, 0) is 43.5 Å². The zero-order valence-electron chi connectivity index (χ0n) is 16.5. The van der Waals surface area contributed by atoms with Crippen molar-refractivity contribution in [1.82, 2.24) is 15.8 Å². The minimum absolute atomic E-state index is 0.135. The Labute approximate surface area is 169 Å². The third-order valence-corrected chi connectivity index (χ3v) is 5.12. The molecule has 156 valence electrons. The summed E-state index contributed by atoms with van der Waals surface area (Å²) in [6, 6.07) is 5.91. The van der Waals surface area contributed by atoms with Crippen molar-refractivity contribution in [1.29, 1.82) is 0 Å². The lowest BCUT2D eigenvalue weighted by Crippen LogP contribution is -2.51. The maximum absolute atomic E-state index is 12.6. The summed E-state index contributed by atoms with van der Waals surface area (Å²) >= 11 is 0. The van der Waals surface area contributed by atoms with E-state index in [2.05, 4.69) is 16.1 Å². The second-order valence-electron chi connectivity index (χ2n) is 7.32. The van der Waals surface area contributed by atoms with Crippen molar-refractivity contribution in [3.8, 4) is 0 Å². The van der Waals surface area contributed by atoms with E-state index in [0.29, 0.717) is 30.7 Å². The minimum atomic E-state index is -0.877. The Kier molecular flexibility index (Phi) is 6.36. The van der Waals surface area contributed by atoms with Gasteiger partial charge in [-0.25, -0.2) is 9.59 Å². The lowest BCUT2D eigenvalue weighted by Gasteiger charge is -2.30. The van der Waals surface area contributed by atoms with Crippen LogP contribution in [0, 0.1) is 0 Å². The van der Waals surface area contributed by atoms with E-state index in [1.54, 1.807) is 24.3 Å². The van der Waals surface area contributed by atoms with Crippen LogP contribution in [-0.2, 0) is 14.3 Å². The topological polar surface area (TPSA) is 117 Å². The van der Waals surface area contributed by atoms with Crippen LogP contribution in [0.4, 0.5) is 10.5 Å². The van der Waals surface area contributed by atoms with Gasteiger partial charge in [-0.3, -0.25) is 15.0 Å². The van der Waals surface area contributed by atoms with Gasteiger partial charge < -0.3 is 15.4 Å². The number of imide groups is 1. The lowest BCUT2D eigenvalue weighted by atomic mass is 9.82. The second kappa shape index (κ2) is 8.93. The quantitative estimate of drug-likeness (QED) is 0.474. The van der Waals surface area contributed by atoms with Gasteiger partial charge in [-0.1, -0.05) is 26.2 Å². The zero-order chi connectivity index (χ0) is 20.9. The molecule has 0 atom stereocenters. The highest BCUT2D eigenvalue weighted by molar-refractivity contribution is 6.08. The Bertz CT molecular complexity index is 787. The molecule has 1 aromatic carbocycles. The third kappa shape index (κ3) is 4.67. The number of nitrogens with zero attached hydrogens (tertiary/aromatic N) is 1. The molecule has 4 amide bonds. The highest BCUT2D eigenvalue weighted by Gasteiger charge is 2.52. The summed E-state index contributed by atoms with van der Waals surface area (Å²) in [5.41, 5.74) is 2.53. The first-order valence-electron chi connectivity index (χ1n) is 9.92. The van der Waals surface area contributed by atoms with Crippen LogP contribution in [0.5, 0.6) is 0 Å². The number of anilines is 1. The van der Waals surface area contributed by atoms with Gasteiger partial charge in [0.15, 0.2) is 0 Å². The third-order valence-electron chi connectivity index (χ3n) is 5.12. The summed E-state index contributed by atoms with van der Waals surface area (Å²) in [7, 11) is 0. The monoisotopic (exact) mass is 402 g/mol. The Balaban J connectivity index is 1.50. The van der Waals surface area contributed by atoms with Crippen LogP contribution in [0.2, 0.25) is 0 Å². The highest BCUT2D eigenvalue weighted by Crippen LogP contribution is 2.32. The molecule has 1 saturated carbocycles. The van der Waals surface area contributed by atoms with Crippen molar-refractivity contribution in [2.24, 2.45) is 0 Å². The summed E-state index contributed by atoms with van der Waals surface area (Å²) in [5.74, 6) is -1.32. The molecule has 0 bridgehead atoms. The molecule has 0 radical (unpaired) electrons. The van der Waals surface area contributed by atoms with E-state index in [4.69, 9.17) is 4.74 Å². The van der Waals surface area contributed by atoms with Crippen molar-refractivity contribution in [3.63, 3.8) is 0 Å². The predicted molar refractivity (Wildman–Crippen MR) is 105 cm³/mol. The van der Waals surface area contributed by atoms with Gasteiger partial charge in [-0.2, -0.15) is 5.01 Å². The number of carbonyl (C=O) groups excluding carboxylic acids is 4. The molecule has 0 aromatic heterocycles. The molecule has 29 heavy (non-hydrogen) atoms. The van der Waals surface area contributed by atoms with Crippen LogP contribution in [0.15, 0.2) is 24.3 Å². The van der Waals surface area contributed by atoms with Gasteiger partial charge in [0.05, 0.1) is 18.7 Å². The normalized spacial score (nSPS) is 17.8. The largest absolute Gasteiger partial charge is 0.462 e. The van der Waals surface area contributed by atoms with Crippen molar-refractivity contribution in [2.45, 2.75) is 51.0 Å². The Morgan fingerprint density at radius 1 is 1.14 bits per heavy atom. The number of amides is 4. The van der Waals surface area contributed by atoms with E-state index in [9.17, 15) is 19.2 Å². The van der Waals surface area contributed by atoms with E-state index < -0.39 is 29.4 Å². The molecule has 1 heterocycles. The molecular formula is C20H26N4O5. The standard InChI is InChI=1S/C20H26N4O5/c1-2-12-29-17(26)14-6-8-15(9-7-14)21-13-16(25)23-24-18(27)20(22-19(24)28)10-4-3-5-11-20/h6-9,21H,2-5,10-13H2,1H3,(H,22,28)(H,23,25). The molecule has 9 heteroatoms. The first-order chi connectivity index (χ1) is 13.9. The lowest BCUT2D eigenvalue weighted by molar-refractivity contribution is -0.139. The molecule has 3 rings (SSSR count). The number of hydrogen-bond acceptors (Lipinski definition) is 6. The molecule has 2 fully saturated rings. The average Bonchev–Trinajstić information content (AvgIpc) is 2.95. The van der Waals surface area contributed by atoms with Crippen LogP contribution in [0.25, 0.3) is 0 Å². The number of hydrogen-bond donors (Lipinski definition) is 3. The molecular weight excluding hydrogens is 376 g/mol. The molecule has 1 aromatic rings. The predicted octanol–water partition coefficient (Wildman–Crippen LogP) is 1.95. The summed E-state index contributed by atoms with van der Waals surface area (Å²) in [4.78, 5) is 48.8. The smallest absolute Gasteiger partial charge is 0.344 e.